The van der Waals surface area contributed by atoms with Crippen LogP contribution >= 0.6 is 0 Å². The standard InChI is InChI=1S/C13H21N3O2/c1-3-15-13(14)16-9-4-10-18-12-7-5-11(17-2)6-8-12/h5-8H,3-4,9-10H2,1-2H3,(H3,14,15,16). The van der Waals surface area contributed by atoms with Crippen molar-refractivity contribution in [1.29, 1.82) is 0 Å². The van der Waals surface area contributed by atoms with Gasteiger partial charge in [-0.25, -0.2) is 0 Å². The first-order valence-corrected chi connectivity index (χ1v) is 6.07. The highest BCUT2D eigenvalue weighted by molar-refractivity contribution is 5.77. The Morgan fingerprint density at radius 1 is 1.28 bits per heavy atom. The van der Waals surface area contributed by atoms with Gasteiger partial charge in [-0.3, -0.25) is 4.99 Å². The van der Waals surface area contributed by atoms with Crippen LogP contribution in [-0.4, -0.2) is 32.8 Å². The smallest absolute Gasteiger partial charge is 0.188 e. The maximum Gasteiger partial charge on any atom is 0.188 e. The Bertz CT molecular complexity index is 363. The zero-order chi connectivity index (χ0) is 13.2. The number of nitrogens with two attached hydrogens (primary N) is 1. The first-order chi connectivity index (χ1) is 8.76. The van der Waals surface area contributed by atoms with Crippen LogP contribution in [-0.2, 0) is 0 Å². The van der Waals surface area contributed by atoms with Crippen molar-refractivity contribution in [3.05, 3.63) is 24.3 Å². The minimum atomic E-state index is 0.488. The molecule has 5 heteroatoms. The predicted octanol–water partition coefficient (Wildman–Crippen LogP) is 1.39. The third-order valence-corrected chi connectivity index (χ3v) is 2.27. The summed E-state index contributed by atoms with van der Waals surface area (Å²) in [6.07, 6.45) is 0.831. The molecule has 0 aliphatic rings. The Hall–Kier alpha value is -1.91. The summed E-state index contributed by atoms with van der Waals surface area (Å²) in [6.45, 7) is 4.05. The van der Waals surface area contributed by atoms with E-state index in [4.69, 9.17) is 15.2 Å². The maximum absolute atomic E-state index is 5.59. The van der Waals surface area contributed by atoms with E-state index in [2.05, 4.69) is 10.3 Å². The number of hydrogen-bond donors (Lipinski definition) is 2. The first-order valence-electron chi connectivity index (χ1n) is 6.07. The van der Waals surface area contributed by atoms with Crippen molar-refractivity contribution in [3.8, 4) is 11.5 Å². The van der Waals surface area contributed by atoms with Gasteiger partial charge >= 0.3 is 0 Å². The second-order valence-electron chi connectivity index (χ2n) is 3.67. The van der Waals surface area contributed by atoms with Gasteiger partial charge in [0.05, 0.1) is 13.7 Å². The number of hydrogen-bond acceptors (Lipinski definition) is 3. The minimum absolute atomic E-state index is 0.488. The molecule has 0 unspecified atom stereocenters. The van der Waals surface area contributed by atoms with Crippen molar-refractivity contribution in [2.45, 2.75) is 13.3 Å². The molecule has 0 atom stereocenters. The Morgan fingerprint density at radius 3 is 2.56 bits per heavy atom. The molecule has 0 fully saturated rings. The van der Waals surface area contributed by atoms with Gasteiger partial charge in [0.15, 0.2) is 5.96 Å². The van der Waals surface area contributed by atoms with E-state index >= 15 is 0 Å². The fourth-order valence-electron chi connectivity index (χ4n) is 1.36. The lowest BCUT2D eigenvalue weighted by atomic mass is 10.3. The third kappa shape index (κ3) is 5.43. The number of nitrogens with one attached hydrogen (secondary N) is 1. The van der Waals surface area contributed by atoms with Gasteiger partial charge in [-0.15, -0.1) is 0 Å². The third-order valence-electron chi connectivity index (χ3n) is 2.27. The quantitative estimate of drug-likeness (QED) is 0.436. The predicted molar refractivity (Wildman–Crippen MR) is 73.3 cm³/mol. The number of methoxy groups -OCH3 is 1. The molecule has 0 aliphatic carbocycles. The fraction of sp³-hybridized carbons (Fsp3) is 0.462. The van der Waals surface area contributed by atoms with Crippen LogP contribution in [0.4, 0.5) is 0 Å². The summed E-state index contributed by atoms with van der Waals surface area (Å²) in [5, 5.41) is 2.94. The molecule has 0 aliphatic heterocycles. The monoisotopic (exact) mass is 251 g/mol. The largest absolute Gasteiger partial charge is 0.497 e. The van der Waals surface area contributed by atoms with Crippen molar-refractivity contribution in [2.75, 3.05) is 26.8 Å². The number of benzene rings is 1. The lowest BCUT2D eigenvalue weighted by Crippen LogP contribution is -2.31. The van der Waals surface area contributed by atoms with Crippen molar-refractivity contribution in [3.63, 3.8) is 0 Å². The molecule has 18 heavy (non-hydrogen) atoms. The molecular weight excluding hydrogens is 230 g/mol. The first kappa shape index (κ1) is 14.2. The van der Waals surface area contributed by atoms with Gasteiger partial charge in [-0.1, -0.05) is 0 Å². The van der Waals surface area contributed by atoms with Crippen molar-refractivity contribution >= 4 is 5.96 Å². The van der Waals surface area contributed by atoms with Gasteiger partial charge in [-0.05, 0) is 31.2 Å². The topological polar surface area (TPSA) is 68.9 Å². The molecule has 1 rings (SSSR count). The van der Waals surface area contributed by atoms with Crippen LogP contribution in [0, 0.1) is 0 Å². The second-order valence-corrected chi connectivity index (χ2v) is 3.67. The van der Waals surface area contributed by atoms with Crippen molar-refractivity contribution in [1.82, 2.24) is 5.32 Å². The number of rotatable bonds is 7. The van der Waals surface area contributed by atoms with Gasteiger partial charge in [-0.2, -0.15) is 0 Å². The van der Waals surface area contributed by atoms with E-state index in [1.807, 2.05) is 31.2 Å². The van der Waals surface area contributed by atoms with E-state index < -0.39 is 0 Å². The van der Waals surface area contributed by atoms with Crippen LogP contribution < -0.4 is 20.5 Å². The maximum atomic E-state index is 5.59. The number of ether oxygens (including phenoxy) is 2. The van der Waals surface area contributed by atoms with E-state index in [1.165, 1.54) is 0 Å². The molecule has 0 bridgehead atoms. The average Bonchev–Trinajstić information content (AvgIpc) is 2.39. The van der Waals surface area contributed by atoms with E-state index in [1.54, 1.807) is 7.11 Å². The molecule has 3 N–H and O–H groups in total. The Kier molecular flexibility index (Phi) is 6.46. The van der Waals surface area contributed by atoms with Gasteiger partial charge < -0.3 is 20.5 Å². The SMILES string of the molecule is CCNC(N)=NCCCOc1ccc(OC)cc1. The van der Waals surface area contributed by atoms with E-state index in [9.17, 15) is 0 Å². The van der Waals surface area contributed by atoms with Crippen molar-refractivity contribution < 1.29 is 9.47 Å². The van der Waals surface area contributed by atoms with E-state index in [-0.39, 0.29) is 0 Å². The lowest BCUT2D eigenvalue weighted by molar-refractivity contribution is 0.312. The average molecular weight is 251 g/mol. The molecule has 100 valence electrons. The Morgan fingerprint density at radius 2 is 1.94 bits per heavy atom. The van der Waals surface area contributed by atoms with Gasteiger partial charge in [0.25, 0.3) is 0 Å². The summed E-state index contributed by atoms with van der Waals surface area (Å²) in [7, 11) is 1.64. The molecule has 0 spiro atoms. The fourth-order valence-corrected chi connectivity index (χ4v) is 1.36. The normalized spacial score (nSPS) is 11.1. The highest BCUT2D eigenvalue weighted by atomic mass is 16.5. The van der Waals surface area contributed by atoms with Crippen LogP contribution in [0.3, 0.4) is 0 Å². The zero-order valence-electron chi connectivity index (χ0n) is 11.0. The molecule has 1 aromatic carbocycles. The summed E-state index contributed by atoms with van der Waals surface area (Å²) < 4.78 is 10.6. The zero-order valence-corrected chi connectivity index (χ0v) is 11.0. The summed E-state index contributed by atoms with van der Waals surface area (Å²) in [5.41, 5.74) is 5.59. The summed E-state index contributed by atoms with van der Waals surface area (Å²) in [5.74, 6) is 2.15. The molecule has 0 radical (unpaired) electrons. The minimum Gasteiger partial charge on any atom is -0.497 e. The molecule has 0 aromatic heterocycles. The van der Waals surface area contributed by atoms with Crippen LogP contribution in [0.2, 0.25) is 0 Å². The number of aliphatic imine (C=N–C) groups is 1. The highest BCUT2D eigenvalue weighted by Gasteiger charge is 1.95. The molecule has 0 amide bonds. The Balaban J connectivity index is 2.19. The van der Waals surface area contributed by atoms with Crippen LogP contribution in [0.25, 0.3) is 0 Å². The van der Waals surface area contributed by atoms with Crippen LogP contribution in [0.1, 0.15) is 13.3 Å². The summed E-state index contributed by atoms with van der Waals surface area (Å²) >= 11 is 0. The number of nitrogens with zero attached hydrogens (tertiary/aromatic N) is 1. The van der Waals surface area contributed by atoms with E-state index in [0.29, 0.717) is 19.1 Å². The number of guanidine groups is 1. The molecule has 0 saturated heterocycles. The van der Waals surface area contributed by atoms with Crippen LogP contribution in [0.5, 0.6) is 11.5 Å². The molecule has 0 heterocycles. The highest BCUT2D eigenvalue weighted by Crippen LogP contribution is 2.16. The van der Waals surface area contributed by atoms with Crippen LogP contribution in [0.15, 0.2) is 29.3 Å². The van der Waals surface area contributed by atoms with Gasteiger partial charge in [0, 0.05) is 19.5 Å². The molecule has 5 nitrogen and oxygen atoms in total. The Labute approximate surface area is 108 Å². The summed E-state index contributed by atoms with van der Waals surface area (Å²) in [6, 6.07) is 7.51. The molecular formula is C13H21N3O2. The van der Waals surface area contributed by atoms with Gasteiger partial charge in [0.1, 0.15) is 11.5 Å². The van der Waals surface area contributed by atoms with Gasteiger partial charge in [0.2, 0.25) is 0 Å². The lowest BCUT2D eigenvalue weighted by Gasteiger charge is -2.06. The van der Waals surface area contributed by atoms with E-state index in [0.717, 1.165) is 24.5 Å². The molecule has 0 saturated carbocycles. The summed E-state index contributed by atoms with van der Waals surface area (Å²) in [4.78, 5) is 4.16. The van der Waals surface area contributed by atoms with Crippen molar-refractivity contribution in [2.24, 2.45) is 10.7 Å². The molecule has 1 aromatic rings. The second kappa shape index (κ2) is 8.22.